The Morgan fingerprint density at radius 3 is 2.35 bits per heavy atom. The van der Waals surface area contributed by atoms with E-state index in [1.165, 1.54) is 0 Å². The third kappa shape index (κ3) is 9.41. The third-order valence-electron chi connectivity index (χ3n) is 6.31. The first-order valence-corrected chi connectivity index (χ1v) is 12.8. The van der Waals surface area contributed by atoms with E-state index in [2.05, 4.69) is 33.2 Å². The summed E-state index contributed by atoms with van der Waals surface area (Å²) in [5.41, 5.74) is 11.2. The summed E-state index contributed by atoms with van der Waals surface area (Å²) in [6.07, 6.45) is 2.63. The molecule has 0 aromatic heterocycles. The van der Waals surface area contributed by atoms with Crippen molar-refractivity contribution in [3.63, 3.8) is 0 Å². The normalized spacial score (nSPS) is 26.3. The molecular weight excluding hydrogens is 474 g/mol. The highest BCUT2D eigenvalue weighted by molar-refractivity contribution is 5.95. The number of benzene rings is 1. The Balaban J connectivity index is 2.29. The summed E-state index contributed by atoms with van der Waals surface area (Å²) in [6.45, 7) is 7.77. The van der Waals surface area contributed by atoms with Crippen LogP contribution in [0.25, 0.3) is 0 Å². The predicted octanol–water partition coefficient (Wildman–Crippen LogP) is 0.0407. The molecule has 4 atom stereocenters. The lowest BCUT2D eigenvalue weighted by molar-refractivity contribution is -0.135. The molecule has 0 unspecified atom stereocenters. The standard InChI is InChI=1S/C26H41N7O4/c1-4-19-22(34)33-21(18-11-6-5-7-12-18)24(36)30-15-9-8-14-26(3,28)25(37)32-20(23(35)31-19)13-10-16-29-17(2)27/h5-7,11-12,19-21,29H,2,4,8-10,13-16,27-28H2,1,3H3,(H,30,36)(H,31,35)(H,32,37)(H,33,34)/t19-,20-,21+,26+/m0/s1. The zero-order valence-corrected chi connectivity index (χ0v) is 21.8. The maximum atomic E-state index is 13.2. The van der Waals surface area contributed by atoms with Gasteiger partial charge in [-0.3, -0.25) is 19.2 Å². The van der Waals surface area contributed by atoms with Crippen molar-refractivity contribution in [3.8, 4) is 0 Å². The van der Waals surface area contributed by atoms with Crippen LogP contribution in [0.2, 0.25) is 0 Å². The summed E-state index contributed by atoms with van der Waals surface area (Å²) < 4.78 is 0. The predicted molar refractivity (Wildman–Crippen MR) is 141 cm³/mol. The molecule has 11 nitrogen and oxygen atoms in total. The first kappa shape index (κ1) is 29.6. The summed E-state index contributed by atoms with van der Waals surface area (Å²) in [5, 5.41) is 14.0. The second-order valence-corrected chi connectivity index (χ2v) is 9.61. The molecule has 0 bridgehead atoms. The Morgan fingerprint density at radius 1 is 1.03 bits per heavy atom. The number of nitrogens with two attached hydrogens (primary N) is 2. The molecule has 1 heterocycles. The van der Waals surface area contributed by atoms with Gasteiger partial charge in [0.25, 0.3) is 0 Å². The highest BCUT2D eigenvalue weighted by Gasteiger charge is 2.33. The first-order chi connectivity index (χ1) is 17.5. The summed E-state index contributed by atoms with van der Waals surface area (Å²) >= 11 is 0. The minimum absolute atomic E-state index is 0.282. The molecule has 2 rings (SSSR count). The van der Waals surface area contributed by atoms with Gasteiger partial charge in [0.15, 0.2) is 0 Å². The lowest BCUT2D eigenvalue weighted by atomic mass is 9.94. The van der Waals surface area contributed by atoms with Gasteiger partial charge in [0.2, 0.25) is 23.6 Å². The minimum atomic E-state index is -1.21. The van der Waals surface area contributed by atoms with E-state index in [9.17, 15) is 19.2 Å². The van der Waals surface area contributed by atoms with Crippen molar-refractivity contribution in [1.82, 2.24) is 26.6 Å². The fourth-order valence-electron chi connectivity index (χ4n) is 4.01. The van der Waals surface area contributed by atoms with Gasteiger partial charge in [-0.05, 0) is 51.0 Å². The van der Waals surface area contributed by atoms with E-state index in [0.29, 0.717) is 56.6 Å². The molecule has 11 heteroatoms. The number of hydrogen-bond donors (Lipinski definition) is 7. The van der Waals surface area contributed by atoms with Gasteiger partial charge in [-0.15, -0.1) is 0 Å². The molecule has 1 saturated heterocycles. The zero-order chi connectivity index (χ0) is 27.4. The topological polar surface area (TPSA) is 180 Å². The summed E-state index contributed by atoms with van der Waals surface area (Å²) in [6, 6.07) is 6.18. The number of hydrogen-bond acceptors (Lipinski definition) is 7. The van der Waals surface area contributed by atoms with Crippen LogP contribution in [0.5, 0.6) is 0 Å². The molecule has 37 heavy (non-hydrogen) atoms. The van der Waals surface area contributed by atoms with Crippen molar-refractivity contribution in [3.05, 3.63) is 48.3 Å². The zero-order valence-electron chi connectivity index (χ0n) is 21.8. The Labute approximate surface area is 218 Å². The van der Waals surface area contributed by atoms with Crippen LogP contribution in [0.15, 0.2) is 42.7 Å². The van der Waals surface area contributed by atoms with Crippen LogP contribution >= 0.6 is 0 Å². The molecule has 1 aromatic rings. The van der Waals surface area contributed by atoms with Gasteiger partial charge in [0.05, 0.1) is 11.4 Å². The van der Waals surface area contributed by atoms with Gasteiger partial charge >= 0.3 is 0 Å². The Morgan fingerprint density at radius 2 is 1.70 bits per heavy atom. The van der Waals surface area contributed by atoms with Crippen LogP contribution in [0.4, 0.5) is 0 Å². The van der Waals surface area contributed by atoms with E-state index in [4.69, 9.17) is 11.5 Å². The van der Waals surface area contributed by atoms with Crippen molar-refractivity contribution < 1.29 is 19.2 Å². The number of carbonyl (C=O) groups excluding carboxylic acids is 4. The molecule has 1 fully saturated rings. The lowest BCUT2D eigenvalue weighted by Gasteiger charge is -2.29. The fraction of sp³-hybridized carbons (Fsp3) is 0.538. The Hall–Kier alpha value is -3.60. The molecule has 1 aliphatic heterocycles. The van der Waals surface area contributed by atoms with Gasteiger partial charge in [0, 0.05) is 13.1 Å². The van der Waals surface area contributed by atoms with Crippen molar-refractivity contribution in [2.24, 2.45) is 11.5 Å². The van der Waals surface area contributed by atoms with Gasteiger partial charge < -0.3 is 38.1 Å². The van der Waals surface area contributed by atoms with Crippen LogP contribution in [0, 0.1) is 0 Å². The molecule has 9 N–H and O–H groups in total. The molecule has 204 valence electrons. The van der Waals surface area contributed by atoms with Crippen LogP contribution in [0.3, 0.4) is 0 Å². The van der Waals surface area contributed by atoms with Gasteiger partial charge in [-0.2, -0.15) is 0 Å². The lowest BCUT2D eigenvalue weighted by Crippen LogP contribution is -2.59. The van der Waals surface area contributed by atoms with Crippen molar-refractivity contribution >= 4 is 23.6 Å². The van der Waals surface area contributed by atoms with E-state index in [1.807, 2.05) is 6.07 Å². The Kier molecular flexibility index (Phi) is 11.4. The summed E-state index contributed by atoms with van der Waals surface area (Å²) in [5.74, 6) is -1.51. The van der Waals surface area contributed by atoms with Crippen molar-refractivity contribution in [1.29, 1.82) is 0 Å². The molecular formula is C26H41N7O4. The monoisotopic (exact) mass is 515 g/mol. The molecule has 0 spiro atoms. The maximum absolute atomic E-state index is 13.2. The maximum Gasteiger partial charge on any atom is 0.247 e. The molecule has 1 aliphatic rings. The van der Waals surface area contributed by atoms with E-state index in [1.54, 1.807) is 38.1 Å². The number of carbonyl (C=O) groups is 4. The molecule has 0 radical (unpaired) electrons. The van der Waals surface area contributed by atoms with E-state index in [0.717, 1.165) is 0 Å². The van der Waals surface area contributed by atoms with E-state index in [-0.39, 0.29) is 12.3 Å². The van der Waals surface area contributed by atoms with Gasteiger partial charge in [-0.25, -0.2) is 0 Å². The summed E-state index contributed by atoms with van der Waals surface area (Å²) in [7, 11) is 0. The quantitative estimate of drug-likeness (QED) is 0.250. The minimum Gasteiger partial charge on any atom is -0.386 e. The average molecular weight is 516 g/mol. The Bertz CT molecular complexity index is 952. The average Bonchev–Trinajstić information content (AvgIpc) is 2.86. The third-order valence-corrected chi connectivity index (χ3v) is 6.31. The fourth-order valence-corrected chi connectivity index (χ4v) is 4.01. The SMILES string of the molecule is C=C(N)NCCC[C@@H]1NC(=O)[C@](C)(N)CCCCNC(=O)[C@@H](c2ccccc2)NC(=O)[C@H](CC)NC1=O. The second kappa shape index (κ2) is 14.2. The smallest absolute Gasteiger partial charge is 0.247 e. The summed E-state index contributed by atoms with van der Waals surface area (Å²) in [4.78, 5) is 52.4. The number of amides is 4. The number of nitrogens with one attached hydrogen (secondary N) is 5. The van der Waals surface area contributed by atoms with E-state index < -0.39 is 41.4 Å². The molecule has 1 aromatic carbocycles. The largest absolute Gasteiger partial charge is 0.386 e. The van der Waals surface area contributed by atoms with Crippen molar-refractivity contribution in [2.45, 2.75) is 76.0 Å². The highest BCUT2D eigenvalue weighted by atomic mass is 16.2. The van der Waals surface area contributed by atoms with Crippen molar-refractivity contribution in [2.75, 3.05) is 13.1 Å². The van der Waals surface area contributed by atoms with Gasteiger partial charge in [0.1, 0.15) is 18.1 Å². The molecule has 0 aliphatic carbocycles. The molecule has 4 amide bonds. The van der Waals surface area contributed by atoms with Crippen LogP contribution in [-0.2, 0) is 19.2 Å². The van der Waals surface area contributed by atoms with Crippen LogP contribution in [0.1, 0.15) is 64.0 Å². The highest BCUT2D eigenvalue weighted by Crippen LogP contribution is 2.16. The molecule has 0 saturated carbocycles. The van der Waals surface area contributed by atoms with Gasteiger partial charge in [-0.1, -0.05) is 43.8 Å². The van der Waals surface area contributed by atoms with Crippen LogP contribution in [-0.4, -0.2) is 54.3 Å². The van der Waals surface area contributed by atoms with Crippen LogP contribution < -0.4 is 38.1 Å². The first-order valence-electron chi connectivity index (χ1n) is 12.8. The second-order valence-electron chi connectivity index (χ2n) is 9.61. The number of rotatable bonds is 7. The van der Waals surface area contributed by atoms with E-state index >= 15 is 0 Å².